The van der Waals surface area contributed by atoms with E-state index in [1.54, 1.807) is 0 Å². The van der Waals surface area contributed by atoms with Crippen molar-refractivity contribution in [3.63, 3.8) is 0 Å². The normalized spacial score (nSPS) is 14.9. The van der Waals surface area contributed by atoms with Crippen LogP contribution >= 0.6 is 0 Å². The molecule has 1 aliphatic heterocycles. The van der Waals surface area contributed by atoms with Gasteiger partial charge >= 0.3 is 5.97 Å². The maximum atomic E-state index is 10.5. The zero-order chi connectivity index (χ0) is 9.97. The van der Waals surface area contributed by atoms with E-state index in [9.17, 15) is 4.79 Å². The van der Waals surface area contributed by atoms with Crippen molar-refractivity contribution in [3.05, 3.63) is 34.9 Å². The molecule has 1 aromatic rings. The molecular weight excluding hydrogens is 180 g/mol. The van der Waals surface area contributed by atoms with Crippen molar-refractivity contribution in [1.29, 1.82) is 0 Å². The zero-order valence-corrected chi connectivity index (χ0v) is 7.82. The van der Waals surface area contributed by atoms with Gasteiger partial charge in [0, 0.05) is 0 Å². The number of hydrogen-bond acceptors (Lipinski definition) is 2. The number of rotatable bonds is 2. The van der Waals surface area contributed by atoms with Gasteiger partial charge in [-0.05, 0) is 23.1 Å². The molecule has 0 aliphatic carbocycles. The summed E-state index contributed by atoms with van der Waals surface area (Å²) in [5.41, 5.74) is 3.27. The highest BCUT2D eigenvalue weighted by atomic mass is 16.5. The Labute approximate surface area is 82.3 Å². The van der Waals surface area contributed by atoms with E-state index in [1.807, 2.05) is 18.2 Å². The second-order valence-electron chi connectivity index (χ2n) is 3.48. The summed E-state index contributed by atoms with van der Waals surface area (Å²) in [6, 6.07) is 5.83. The summed E-state index contributed by atoms with van der Waals surface area (Å²) in [5, 5.41) is 8.64. The van der Waals surface area contributed by atoms with Crippen LogP contribution in [-0.4, -0.2) is 17.7 Å². The Balaban J connectivity index is 2.24. The van der Waals surface area contributed by atoms with E-state index in [-0.39, 0.29) is 6.42 Å². The first-order valence-electron chi connectivity index (χ1n) is 4.66. The van der Waals surface area contributed by atoms with Crippen molar-refractivity contribution in [2.24, 2.45) is 0 Å². The minimum Gasteiger partial charge on any atom is -0.481 e. The average molecular weight is 192 g/mol. The molecule has 0 fully saturated rings. The van der Waals surface area contributed by atoms with Crippen LogP contribution in [-0.2, 0) is 29.0 Å². The SMILES string of the molecule is O=C(O)Cc1ccc2c(c1)COCC2. The molecule has 3 nitrogen and oxygen atoms in total. The zero-order valence-electron chi connectivity index (χ0n) is 7.82. The third kappa shape index (κ3) is 1.93. The predicted molar refractivity (Wildman–Crippen MR) is 51.1 cm³/mol. The van der Waals surface area contributed by atoms with Crippen LogP contribution in [0.15, 0.2) is 18.2 Å². The van der Waals surface area contributed by atoms with Crippen LogP contribution in [0.25, 0.3) is 0 Å². The monoisotopic (exact) mass is 192 g/mol. The molecule has 0 atom stereocenters. The van der Waals surface area contributed by atoms with Crippen LogP contribution in [0.3, 0.4) is 0 Å². The van der Waals surface area contributed by atoms with Gasteiger partial charge in [-0.1, -0.05) is 18.2 Å². The topological polar surface area (TPSA) is 46.5 Å². The molecular formula is C11H12O3. The summed E-state index contributed by atoms with van der Waals surface area (Å²) in [4.78, 5) is 10.5. The summed E-state index contributed by atoms with van der Waals surface area (Å²) in [6.07, 6.45) is 1.02. The van der Waals surface area contributed by atoms with Crippen LogP contribution in [0.2, 0.25) is 0 Å². The quantitative estimate of drug-likeness (QED) is 0.770. The Kier molecular flexibility index (Phi) is 2.50. The predicted octanol–water partition coefficient (Wildman–Crippen LogP) is 1.39. The van der Waals surface area contributed by atoms with Crippen molar-refractivity contribution >= 4 is 5.97 Å². The molecule has 2 rings (SSSR count). The minimum atomic E-state index is -0.790. The minimum absolute atomic E-state index is 0.0906. The highest BCUT2D eigenvalue weighted by Crippen LogP contribution is 2.18. The fourth-order valence-electron chi connectivity index (χ4n) is 1.71. The van der Waals surface area contributed by atoms with E-state index >= 15 is 0 Å². The molecule has 0 aromatic heterocycles. The molecule has 1 heterocycles. The highest BCUT2D eigenvalue weighted by Gasteiger charge is 2.10. The van der Waals surface area contributed by atoms with Gasteiger partial charge in [0.2, 0.25) is 0 Å². The van der Waals surface area contributed by atoms with E-state index in [4.69, 9.17) is 9.84 Å². The number of hydrogen-bond donors (Lipinski definition) is 1. The fourth-order valence-corrected chi connectivity index (χ4v) is 1.71. The number of carboxylic acids is 1. The molecule has 0 radical (unpaired) electrons. The molecule has 0 amide bonds. The van der Waals surface area contributed by atoms with Crippen molar-refractivity contribution in [1.82, 2.24) is 0 Å². The number of benzene rings is 1. The first kappa shape index (κ1) is 9.21. The van der Waals surface area contributed by atoms with Crippen LogP contribution in [0, 0.1) is 0 Å². The first-order chi connectivity index (χ1) is 6.75. The fraction of sp³-hybridized carbons (Fsp3) is 0.364. The van der Waals surface area contributed by atoms with E-state index in [0.717, 1.165) is 24.2 Å². The summed E-state index contributed by atoms with van der Waals surface area (Å²) in [7, 11) is 0. The highest BCUT2D eigenvalue weighted by molar-refractivity contribution is 5.70. The van der Waals surface area contributed by atoms with Crippen LogP contribution < -0.4 is 0 Å². The molecule has 14 heavy (non-hydrogen) atoms. The van der Waals surface area contributed by atoms with Crippen LogP contribution in [0.5, 0.6) is 0 Å². The summed E-state index contributed by atoms with van der Waals surface area (Å²) < 4.78 is 5.31. The van der Waals surface area contributed by atoms with Crippen molar-refractivity contribution in [3.8, 4) is 0 Å². The van der Waals surface area contributed by atoms with Gasteiger partial charge < -0.3 is 9.84 Å². The third-order valence-electron chi connectivity index (χ3n) is 2.40. The molecule has 1 N–H and O–H groups in total. The number of carboxylic acid groups (broad SMARTS) is 1. The molecule has 0 bridgehead atoms. The lowest BCUT2D eigenvalue weighted by molar-refractivity contribution is -0.136. The van der Waals surface area contributed by atoms with Crippen molar-refractivity contribution in [2.75, 3.05) is 6.61 Å². The summed E-state index contributed by atoms with van der Waals surface area (Å²) in [5.74, 6) is -0.790. The van der Waals surface area contributed by atoms with E-state index in [0.29, 0.717) is 6.61 Å². The Morgan fingerprint density at radius 3 is 3.07 bits per heavy atom. The van der Waals surface area contributed by atoms with Crippen molar-refractivity contribution < 1.29 is 14.6 Å². The number of carbonyl (C=O) groups is 1. The molecule has 74 valence electrons. The van der Waals surface area contributed by atoms with Crippen LogP contribution in [0.1, 0.15) is 16.7 Å². The van der Waals surface area contributed by atoms with Crippen molar-refractivity contribution in [2.45, 2.75) is 19.4 Å². The van der Waals surface area contributed by atoms with Gasteiger partial charge in [-0.3, -0.25) is 4.79 Å². The Morgan fingerprint density at radius 2 is 2.29 bits per heavy atom. The Bertz CT molecular complexity index is 358. The molecule has 0 saturated carbocycles. The lowest BCUT2D eigenvalue weighted by atomic mass is 9.99. The first-order valence-corrected chi connectivity index (χ1v) is 4.66. The standard InChI is InChI=1S/C11H12O3/c12-11(13)6-8-1-2-9-3-4-14-7-10(9)5-8/h1-2,5H,3-4,6-7H2,(H,12,13). The van der Waals surface area contributed by atoms with E-state index in [1.165, 1.54) is 5.56 Å². The Hall–Kier alpha value is -1.35. The van der Waals surface area contributed by atoms with E-state index in [2.05, 4.69) is 0 Å². The third-order valence-corrected chi connectivity index (χ3v) is 2.40. The smallest absolute Gasteiger partial charge is 0.307 e. The van der Waals surface area contributed by atoms with Gasteiger partial charge in [0.1, 0.15) is 0 Å². The van der Waals surface area contributed by atoms with Gasteiger partial charge in [-0.15, -0.1) is 0 Å². The lowest BCUT2D eigenvalue weighted by Crippen LogP contribution is -2.10. The van der Waals surface area contributed by atoms with Crippen LogP contribution in [0.4, 0.5) is 0 Å². The van der Waals surface area contributed by atoms with Gasteiger partial charge in [0.25, 0.3) is 0 Å². The Morgan fingerprint density at radius 1 is 1.43 bits per heavy atom. The number of ether oxygens (including phenoxy) is 1. The number of fused-ring (bicyclic) bond motifs is 1. The van der Waals surface area contributed by atoms with Gasteiger partial charge in [-0.25, -0.2) is 0 Å². The second-order valence-corrected chi connectivity index (χ2v) is 3.48. The van der Waals surface area contributed by atoms with Gasteiger partial charge in [0.15, 0.2) is 0 Å². The largest absolute Gasteiger partial charge is 0.481 e. The molecule has 1 aromatic carbocycles. The number of aliphatic carboxylic acids is 1. The lowest BCUT2D eigenvalue weighted by Gasteiger charge is -2.16. The molecule has 3 heteroatoms. The maximum Gasteiger partial charge on any atom is 0.307 e. The van der Waals surface area contributed by atoms with Gasteiger partial charge in [-0.2, -0.15) is 0 Å². The molecule has 0 unspecified atom stereocenters. The molecule has 0 saturated heterocycles. The average Bonchev–Trinajstić information content (AvgIpc) is 2.17. The molecule has 0 spiro atoms. The molecule has 1 aliphatic rings. The second kappa shape index (κ2) is 3.80. The van der Waals surface area contributed by atoms with E-state index < -0.39 is 5.97 Å². The summed E-state index contributed by atoms with van der Waals surface area (Å²) >= 11 is 0. The summed E-state index contributed by atoms with van der Waals surface area (Å²) in [6.45, 7) is 1.38. The maximum absolute atomic E-state index is 10.5. The van der Waals surface area contributed by atoms with Gasteiger partial charge in [0.05, 0.1) is 19.6 Å².